The van der Waals surface area contributed by atoms with Gasteiger partial charge in [-0.3, -0.25) is 4.79 Å². The molecule has 0 aliphatic carbocycles. The number of carbonyl (C=O) groups is 1. The third-order valence-corrected chi connectivity index (χ3v) is 4.58. The number of benzene rings is 3. The average Bonchev–Trinajstić information content (AvgIpc) is 2.79. The highest BCUT2D eigenvalue weighted by atomic mass is 35.5. The minimum Gasteiger partial charge on any atom is -0.267 e. The summed E-state index contributed by atoms with van der Waals surface area (Å²) in [5.41, 5.74) is 8.32. The fraction of sp³-hybridized carbons (Fsp3) is 0.0435. The molecule has 3 aromatic carbocycles. The zero-order chi connectivity index (χ0) is 22.1. The van der Waals surface area contributed by atoms with Gasteiger partial charge in [-0.25, -0.2) is 10.9 Å². The molecule has 0 unspecified atom stereocenters. The lowest BCUT2D eigenvalue weighted by atomic mass is 10.1. The number of hydrogen-bond acceptors (Lipinski definition) is 3. The highest BCUT2D eigenvalue weighted by molar-refractivity contribution is 6.31. The lowest BCUT2D eigenvalue weighted by Gasteiger charge is -2.07. The van der Waals surface area contributed by atoms with Gasteiger partial charge < -0.3 is 0 Å². The summed E-state index contributed by atoms with van der Waals surface area (Å²) in [6, 6.07) is 23.1. The fourth-order valence-electron chi connectivity index (χ4n) is 2.43. The molecule has 31 heavy (non-hydrogen) atoms. The molecule has 1 amide bonds. The Morgan fingerprint density at radius 3 is 2.06 bits per heavy atom. The Bertz CT molecular complexity index is 1110. The van der Waals surface area contributed by atoms with Gasteiger partial charge in [-0.15, -0.1) is 0 Å². The smallest absolute Gasteiger partial charge is 0.267 e. The first-order chi connectivity index (χ1) is 15.0. The molecular weight excluding hydrogens is 433 g/mol. The summed E-state index contributed by atoms with van der Waals surface area (Å²) in [5.74, 6) is -0.357. The quantitative estimate of drug-likeness (QED) is 0.320. The molecule has 0 radical (unpaired) electrons. The number of rotatable bonds is 5. The second kappa shape index (κ2) is 11.1. The van der Waals surface area contributed by atoms with Crippen molar-refractivity contribution in [3.63, 3.8) is 0 Å². The molecule has 8 heteroatoms. The van der Waals surface area contributed by atoms with E-state index in [0.717, 1.165) is 11.1 Å². The molecule has 6 nitrogen and oxygen atoms in total. The summed E-state index contributed by atoms with van der Waals surface area (Å²) >= 11 is 11.8. The molecule has 0 aliphatic rings. The van der Waals surface area contributed by atoms with Crippen molar-refractivity contribution in [1.29, 1.82) is 0 Å². The van der Waals surface area contributed by atoms with Gasteiger partial charge >= 0.3 is 0 Å². The second-order valence-corrected chi connectivity index (χ2v) is 7.24. The second-order valence-electron chi connectivity index (χ2n) is 6.37. The maximum atomic E-state index is 12.5. The number of guanidine groups is 1. The van der Waals surface area contributed by atoms with E-state index in [9.17, 15) is 4.79 Å². The van der Waals surface area contributed by atoms with Crippen LogP contribution in [0.2, 0.25) is 10.0 Å². The topological polar surface area (TPSA) is 78.2 Å². The normalized spacial score (nSPS) is 12.1. The van der Waals surface area contributed by atoms with Crippen LogP contribution in [-0.4, -0.2) is 23.8 Å². The summed E-state index contributed by atoms with van der Waals surface area (Å²) in [5, 5.41) is 9.70. The first-order valence-corrected chi connectivity index (χ1v) is 10.1. The Morgan fingerprint density at radius 1 is 0.806 bits per heavy atom. The lowest BCUT2D eigenvalue weighted by Crippen LogP contribution is -2.32. The fourth-order valence-corrected chi connectivity index (χ4v) is 2.68. The SMILES string of the molecule is CC(=NNC(=NC(=O)c1ccccc1)NN=Cc1ccc(Cl)cc1)c1ccc(Cl)cc1. The Morgan fingerprint density at radius 2 is 1.42 bits per heavy atom. The Hall–Kier alpha value is -3.48. The van der Waals surface area contributed by atoms with Gasteiger partial charge in [0.15, 0.2) is 0 Å². The molecule has 0 saturated carbocycles. The van der Waals surface area contributed by atoms with Crippen LogP contribution < -0.4 is 10.9 Å². The summed E-state index contributed by atoms with van der Waals surface area (Å²) in [7, 11) is 0. The first-order valence-electron chi connectivity index (χ1n) is 9.30. The molecule has 0 bridgehead atoms. The molecule has 0 atom stereocenters. The van der Waals surface area contributed by atoms with E-state index in [0.29, 0.717) is 21.3 Å². The summed E-state index contributed by atoms with van der Waals surface area (Å²) < 4.78 is 0. The maximum absolute atomic E-state index is 12.5. The van der Waals surface area contributed by atoms with Crippen molar-refractivity contribution in [3.8, 4) is 0 Å². The molecule has 0 fully saturated rings. The van der Waals surface area contributed by atoms with Crippen molar-refractivity contribution >= 4 is 47.0 Å². The molecular formula is C23H19Cl2N5O. The highest BCUT2D eigenvalue weighted by Crippen LogP contribution is 2.10. The third kappa shape index (κ3) is 7.06. The minimum absolute atomic E-state index is 0.0763. The van der Waals surface area contributed by atoms with Crippen LogP contribution in [0.3, 0.4) is 0 Å². The van der Waals surface area contributed by atoms with E-state index in [1.165, 1.54) is 0 Å². The Balaban J connectivity index is 1.78. The molecule has 0 spiro atoms. The van der Waals surface area contributed by atoms with Gasteiger partial charge in [-0.05, 0) is 54.4 Å². The zero-order valence-corrected chi connectivity index (χ0v) is 18.1. The number of halogens is 2. The monoisotopic (exact) mass is 451 g/mol. The molecule has 0 heterocycles. The maximum Gasteiger partial charge on any atom is 0.280 e. The number of amides is 1. The molecule has 0 saturated heterocycles. The number of carbonyl (C=O) groups excluding carboxylic acids is 1. The van der Waals surface area contributed by atoms with Gasteiger partial charge in [-0.2, -0.15) is 15.2 Å². The van der Waals surface area contributed by atoms with Gasteiger partial charge in [0.25, 0.3) is 5.91 Å². The van der Waals surface area contributed by atoms with Gasteiger partial charge in [0.1, 0.15) is 0 Å². The molecule has 156 valence electrons. The average molecular weight is 452 g/mol. The zero-order valence-electron chi connectivity index (χ0n) is 16.6. The van der Waals surface area contributed by atoms with E-state index < -0.39 is 5.91 Å². The van der Waals surface area contributed by atoms with Crippen LogP contribution in [0.4, 0.5) is 0 Å². The van der Waals surface area contributed by atoms with Crippen molar-refractivity contribution < 1.29 is 4.79 Å². The van der Waals surface area contributed by atoms with Crippen molar-refractivity contribution in [3.05, 3.63) is 106 Å². The van der Waals surface area contributed by atoms with Crippen molar-refractivity contribution in [2.24, 2.45) is 15.2 Å². The van der Waals surface area contributed by atoms with Gasteiger partial charge in [0, 0.05) is 15.6 Å². The van der Waals surface area contributed by atoms with E-state index in [1.54, 1.807) is 54.7 Å². The van der Waals surface area contributed by atoms with Crippen LogP contribution in [0.15, 0.2) is 94.1 Å². The molecule has 3 aromatic rings. The molecule has 0 aliphatic heterocycles. The van der Waals surface area contributed by atoms with Crippen molar-refractivity contribution in [2.75, 3.05) is 0 Å². The van der Waals surface area contributed by atoms with E-state index in [4.69, 9.17) is 23.2 Å². The van der Waals surface area contributed by atoms with Crippen molar-refractivity contribution in [2.45, 2.75) is 6.92 Å². The number of hydrazone groups is 2. The summed E-state index contributed by atoms with van der Waals surface area (Å²) in [4.78, 5) is 16.5. The Kier molecular flexibility index (Phi) is 7.92. The van der Waals surface area contributed by atoms with Gasteiger partial charge in [-0.1, -0.05) is 65.7 Å². The van der Waals surface area contributed by atoms with Crippen LogP contribution in [0.5, 0.6) is 0 Å². The number of hydrogen-bond donors (Lipinski definition) is 2. The van der Waals surface area contributed by atoms with Crippen LogP contribution in [0.1, 0.15) is 28.4 Å². The van der Waals surface area contributed by atoms with E-state index >= 15 is 0 Å². The standard InChI is InChI=1S/C23H19Cl2N5O/c1-16(18-9-13-21(25)14-10-18)28-30-23(27-22(31)19-5-3-2-4-6-19)29-26-15-17-7-11-20(24)12-8-17/h2-15H,1H3,(H2,27,29,30,31). The van der Waals surface area contributed by atoms with Gasteiger partial charge in [0.2, 0.25) is 5.96 Å². The third-order valence-electron chi connectivity index (χ3n) is 4.08. The molecule has 0 aromatic heterocycles. The van der Waals surface area contributed by atoms with Gasteiger partial charge in [0.05, 0.1) is 11.9 Å². The minimum atomic E-state index is -0.434. The number of nitrogens with one attached hydrogen (secondary N) is 2. The number of nitrogens with zero attached hydrogens (tertiary/aromatic N) is 3. The van der Waals surface area contributed by atoms with E-state index in [2.05, 4.69) is 26.0 Å². The van der Waals surface area contributed by atoms with Crippen LogP contribution in [-0.2, 0) is 0 Å². The Labute approximate surface area is 190 Å². The lowest BCUT2D eigenvalue weighted by molar-refractivity contribution is 0.100. The van der Waals surface area contributed by atoms with Crippen LogP contribution >= 0.6 is 23.2 Å². The van der Waals surface area contributed by atoms with E-state index in [1.807, 2.05) is 37.3 Å². The van der Waals surface area contributed by atoms with E-state index in [-0.39, 0.29) is 5.96 Å². The molecule has 2 N–H and O–H groups in total. The predicted molar refractivity (Wildman–Crippen MR) is 127 cm³/mol. The number of aliphatic imine (C=N–C) groups is 1. The molecule has 3 rings (SSSR count). The largest absolute Gasteiger partial charge is 0.280 e. The summed E-state index contributed by atoms with van der Waals surface area (Å²) in [6.07, 6.45) is 1.58. The van der Waals surface area contributed by atoms with Crippen molar-refractivity contribution in [1.82, 2.24) is 10.9 Å². The predicted octanol–water partition coefficient (Wildman–Crippen LogP) is 5.13. The summed E-state index contributed by atoms with van der Waals surface area (Å²) in [6.45, 7) is 1.82. The van der Waals surface area contributed by atoms with Crippen LogP contribution in [0, 0.1) is 0 Å². The highest BCUT2D eigenvalue weighted by Gasteiger charge is 2.06. The first kappa shape index (κ1) is 22.2. The van der Waals surface area contributed by atoms with Crippen LogP contribution in [0.25, 0.3) is 0 Å².